The smallest absolute Gasteiger partial charge is 0.363 e. The number of hydrogen-bond donors (Lipinski definition) is 0. The van der Waals surface area contributed by atoms with Crippen LogP contribution in [0.4, 0.5) is 5.69 Å². The molecular formula is C26H21IN2O6. The molecule has 1 aliphatic heterocycles. The standard InChI is InChI=1S/C26H21IN2O6/c1-15-7-9-17(10-8-15)14-34-24-20(27)11-18(13-23(24)33-3)12-21-26(30)35-25(28-21)19-5-4-6-22(16(19)2)29(31)32/h4-13H,14H2,1-3H3/b21-12-. The van der Waals surface area contributed by atoms with Crippen molar-refractivity contribution in [1.82, 2.24) is 0 Å². The van der Waals surface area contributed by atoms with Gasteiger partial charge in [-0.25, -0.2) is 9.79 Å². The minimum atomic E-state index is -0.639. The summed E-state index contributed by atoms with van der Waals surface area (Å²) in [6.45, 7) is 4.01. The number of aryl methyl sites for hydroxylation is 1. The zero-order chi connectivity index (χ0) is 25.1. The highest BCUT2D eigenvalue weighted by Crippen LogP contribution is 2.36. The van der Waals surface area contributed by atoms with Gasteiger partial charge in [-0.15, -0.1) is 0 Å². The van der Waals surface area contributed by atoms with E-state index in [0.29, 0.717) is 34.8 Å². The molecule has 0 N–H and O–H groups in total. The van der Waals surface area contributed by atoms with Crippen molar-refractivity contribution >= 4 is 46.2 Å². The van der Waals surface area contributed by atoms with Crippen LogP contribution in [-0.2, 0) is 16.1 Å². The summed E-state index contributed by atoms with van der Waals surface area (Å²) in [7, 11) is 1.55. The Balaban J connectivity index is 1.61. The van der Waals surface area contributed by atoms with Crippen LogP contribution >= 0.6 is 22.6 Å². The summed E-state index contributed by atoms with van der Waals surface area (Å²) in [5, 5.41) is 11.2. The normalized spacial score (nSPS) is 14.0. The SMILES string of the molecule is COc1cc(/C=C2\N=C(c3cccc([N+](=O)[O-])c3C)OC2=O)cc(I)c1OCc1ccc(C)cc1. The number of hydrogen-bond acceptors (Lipinski definition) is 7. The summed E-state index contributed by atoms with van der Waals surface area (Å²) in [6.07, 6.45) is 1.58. The van der Waals surface area contributed by atoms with Gasteiger partial charge >= 0.3 is 5.97 Å². The minimum absolute atomic E-state index is 0.0298. The van der Waals surface area contributed by atoms with Crippen molar-refractivity contribution in [2.24, 2.45) is 4.99 Å². The molecule has 0 aliphatic carbocycles. The van der Waals surface area contributed by atoms with Crippen LogP contribution in [-0.4, -0.2) is 23.9 Å². The predicted octanol–water partition coefficient (Wildman–Crippen LogP) is 5.75. The van der Waals surface area contributed by atoms with E-state index in [4.69, 9.17) is 14.2 Å². The second-order valence-electron chi connectivity index (χ2n) is 7.85. The third kappa shape index (κ3) is 5.35. The molecule has 0 saturated carbocycles. The number of nitro benzene ring substituents is 1. The number of halogens is 1. The highest BCUT2D eigenvalue weighted by molar-refractivity contribution is 14.1. The molecular weight excluding hydrogens is 563 g/mol. The highest BCUT2D eigenvalue weighted by atomic mass is 127. The molecule has 3 aromatic carbocycles. The van der Waals surface area contributed by atoms with Crippen molar-refractivity contribution in [3.05, 3.63) is 102 Å². The maximum absolute atomic E-state index is 12.5. The molecule has 178 valence electrons. The first-order valence-corrected chi connectivity index (χ1v) is 11.7. The number of nitrogens with zero attached hydrogens (tertiary/aromatic N) is 2. The second kappa shape index (κ2) is 10.3. The predicted molar refractivity (Wildman–Crippen MR) is 140 cm³/mol. The Hall–Kier alpha value is -3.73. The average molecular weight is 584 g/mol. The number of aliphatic imine (C=N–C) groups is 1. The van der Waals surface area contributed by atoms with Gasteiger partial charge in [0, 0.05) is 17.2 Å². The summed E-state index contributed by atoms with van der Waals surface area (Å²) in [4.78, 5) is 27.5. The van der Waals surface area contributed by atoms with Crippen molar-refractivity contribution in [1.29, 1.82) is 0 Å². The molecule has 0 aromatic heterocycles. The average Bonchev–Trinajstić information content (AvgIpc) is 3.18. The monoisotopic (exact) mass is 584 g/mol. The van der Waals surface area contributed by atoms with Crippen molar-refractivity contribution in [3.63, 3.8) is 0 Å². The summed E-state index contributed by atoms with van der Waals surface area (Å²) in [5.74, 6) is 0.504. The Morgan fingerprint density at radius 1 is 1.14 bits per heavy atom. The number of ether oxygens (including phenoxy) is 3. The third-order valence-electron chi connectivity index (χ3n) is 5.41. The van der Waals surface area contributed by atoms with Gasteiger partial charge in [-0.05, 0) is 71.8 Å². The fourth-order valence-corrected chi connectivity index (χ4v) is 4.32. The number of benzene rings is 3. The molecule has 0 bridgehead atoms. The summed E-state index contributed by atoms with van der Waals surface area (Å²) in [5.41, 5.74) is 3.65. The van der Waals surface area contributed by atoms with E-state index in [0.717, 1.165) is 9.13 Å². The molecule has 9 heteroatoms. The number of methoxy groups -OCH3 is 1. The van der Waals surface area contributed by atoms with Gasteiger partial charge in [-0.3, -0.25) is 10.1 Å². The lowest BCUT2D eigenvalue weighted by atomic mass is 10.1. The first-order chi connectivity index (χ1) is 16.8. The Morgan fingerprint density at radius 2 is 1.89 bits per heavy atom. The first kappa shape index (κ1) is 24.4. The molecule has 1 aliphatic rings. The number of esters is 1. The highest BCUT2D eigenvalue weighted by Gasteiger charge is 2.27. The van der Waals surface area contributed by atoms with E-state index < -0.39 is 10.9 Å². The lowest BCUT2D eigenvalue weighted by molar-refractivity contribution is -0.385. The summed E-state index contributed by atoms with van der Waals surface area (Å²) in [6, 6.07) is 16.2. The minimum Gasteiger partial charge on any atom is -0.493 e. The second-order valence-corrected chi connectivity index (χ2v) is 9.01. The molecule has 0 spiro atoms. The lowest BCUT2D eigenvalue weighted by Gasteiger charge is -2.14. The van der Waals surface area contributed by atoms with E-state index in [1.54, 1.807) is 32.2 Å². The number of carbonyl (C=O) groups is 1. The van der Waals surface area contributed by atoms with Crippen LogP contribution in [0.15, 0.2) is 65.3 Å². The lowest BCUT2D eigenvalue weighted by Crippen LogP contribution is -2.08. The van der Waals surface area contributed by atoms with Gasteiger partial charge in [0.15, 0.2) is 17.2 Å². The molecule has 8 nitrogen and oxygen atoms in total. The molecule has 0 amide bonds. The zero-order valence-corrected chi connectivity index (χ0v) is 21.4. The zero-order valence-electron chi connectivity index (χ0n) is 19.2. The summed E-state index contributed by atoms with van der Waals surface area (Å²) >= 11 is 2.15. The van der Waals surface area contributed by atoms with Crippen molar-refractivity contribution < 1.29 is 23.9 Å². The van der Waals surface area contributed by atoms with Crippen molar-refractivity contribution in [2.75, 3.05) is 7.11 Å². The van der Waals surface area contributed by atoms with E-state index in [2.05, 4.69) is 27.6 Å². The Labute approximate surface area is 215 Å². The van der Waals surface area contributed by atoms with E-state index in [9.17, 15) is 14.9 Å². The molecule has 0 saturated heterocycles. The first-order valence-electron chi connectivity index (χ1n) is 10.6. The van der Waals surface area contributed by atoms with Gasteiger partial charge < -0.3 is 14.2 Å². The van der Waals surface area contributed by atoms with Crippen LogP contribution in [0.2, 0.25) is 0 Å². The Kier molecular flexibility index (Phi) is 7.15. The number of rotatable bonds is 7. The van der Waals surface area contributed by atoms with Gasteiger partial charge in [0.25, 0.3) is 5.69 Å². The Bertz CT molecular complexity index is 1380. The fourth-order valence-electron chi connectivity index (χ4n) is 3.54. The molecule has 3 aromatic rings. The van der Waals surface area contributed by atoms with Crippen molar-refractivity contribution in [3.8, 4) is 11.5 Å². The molecule has 0 radical (unpaired) electrons. The maximum Gasteiger partial charge on any atom is 0.363 e. The van der Waals surface area contributed by atoms with Crippen LogP contribution in [0.1, 0.15) is 27.8 Å². The van der Waals surface area contributed by atoms with E-state index in [1.807, 2.05) is 37.3 Å². The number of cyclic esters (lactones) is 1. The van der Waals surface area contributed by atoms with E-state index in [1.165, 1.54) is 17.7 Å². The topological polar surface area (TPSA) is 100 Å². The summed E-state index contributed by atoms with van der Waals surface area (Å²) < 4.78 is 17.7. The van der Waals surface area contributed by atoms with Gasteiger partial charge in [0.1, 0.15) is 6.61 Å². The van der Waals surface area contributed by atoms with Crippen molar-refractivity contribution in [2.45, 2.75) is 20.5 Å². The molecule has 0 atom stereocenters. The van der Waals surface area contributed by atoms with Crippen LogP contribution in [0, 0.1) is 27.5 Å². The van der Waals surface area contributed by atoms with Gasteiger partial charge in [-0.1, -0.05) is 35.9 Å². The van der Waals surface area contributed by atoms with E-state index >= 15 is 0 Å². The molecule has 1 heterocycles. The number of carbonyl (C=O) groups excluding carboxylic acids is 1. The van der Waals surface area contributed by atoms with E-state index in [-0.39, 0.29) is 17.3 Å². The quantitative estimate of drug-likeness (QED) is 0.115. The van der Waals surface area contributed by atoms with Gasteiger partial charge in [-0.2, -0.15) is 0 Å². The van der Waals surface area contributed by atoms with Crippen LogP contribution in [0.5, 0.6) is 11.5 Å². The largest absolute Gasteiger partial charge is 0.493 e. The van der Waals surface area contributed by atoms with Crippen LogP contribution in [0.3, 0.4) is 0 Å². The van der Waals surface area contributed by atoms with Gasteiger partial charge in [0.05, 0.1) is 15.6 Å². The third-order valence-corrected chi connectivity index (χ3v) is 6.21. The Morgan fingerprint density at radius 3 is 2.57 bits per heavy atom. The molecule has 0 unspecified atom stereocenters. The van der Waals surface area contributed by atoms with Crippen LogP contribution in [0.25, 0.3) is 6.08 Å². The number of nitro groups is 1. The molecule has 4 rings (SSSR count). The molecule has 0 fully saturated rings. The maximum atomic E-state index is 12.5. The van der Waals surface area contributed by atoms with Crippen LogP contribution < -0.4 is 9.47 Å². The molecule has 35 heavy (non-hydrogen) atoms. The fraction of sp³-hybridized carbons (Fsp3) is 0.154. The van der Waals surface area contributed by atoms with Gasteiger partial charge in [0.2, 0.25) is 5.90 Å².